The second-order valence-corrected chi connectivity index (χ2v) is 7.54. The molecule has 0 aliphatic carbocycles. The molecule has 1 heterocycles. The maximum Gasteiger partial charge on any atom is 0.573 e. The van der Waals surface area contributed by atoms with Crippen molar-refractivity contribution in [2.24, 2.45) is 0 Å². The van der Waals surface area contributed by atoms with Gasteiger partial charge in [-0.05, 0) is 56.1 Å². The van der Waals surface area contributed by atoms with Gasteiger partial charge >= 0.3 is 6.36 Å². The highest BCUT2D eigenvalue weighted by molar-refractivity contribution is 6.42. The standard InChI is InChI=1S/C20H18Cl2F3N3O/c1-27(2)11-19(14-5-8-16(21)17(22)9-14)28-10-18(26-12-28)13-3-6-15(7-4-13)29-20(23,24)25/h3-10,12,19H,11H2,1-2H3. The molecule has 0 N–H and O–H groups in total. The summed E-state index contributed by atoms with van der Waals surface area (Å²) in [6.07, 6.45) is -1.19. The summed E-state index contributed by atoms with van der Waals surface area (Å²) in [5, 5.41) is 0.944. The molecule has 1 atom stereocenters. The average Bonchev–Trinajstić information content (AvgIpc) is 3.11. The Morgan fingerprint density at radius 3 is 2.34 bits per heavy atom. The molecular weight excluding hydrogens is 426 g/mol. The van der Waals surface area contributed by atoms with Crippen molar-refractivity contribution in [1.82, 2.24) is 14.5 Å². The van der Waals surface area contributed by atoms with Crippen molar-refractivity contribution in [2.45, 2.75) is 12.4 Å². The molecule has 29 heavy (non-hydrogen) atoms. The molecular formula is C20H18Cl2F3N3O. The first-order valence-corrected chi connectivity index (χ1v) is 9.37. The van der Waals surface area contributed by atoms with Crippen LogP contribution in [0.4, 0.5) is 13.2 Å². The van der Waals surface area contributed by atoms with E-state index in [1.807, 2.05) is 41.9 Å². The molecule has 0 bridgehead atoms. The summed E-state index contributed by atoms with van der Waals surface area (Å²) in [5.74, 6) is -0.276. The number of imidazole rings is 1. The molecule has 3 rings (SSSR count). The largest absolute Gasteiger partial charge is 0.573 e. The van der Waals surface area contributed by atoms with E-state index in [1.54, 1.807) is 12.4 Å². The number of likely N-dealkylation sites (N-methyl/N-ethyl adjacent to an activating group) is 1. The summed E-state index contributed by atoms with van der Waals surface area (Å²) in [4.78, 5) is 6.44. The van der Waals surface area contributed by atoms with Crippen LogP contribution < -0.4 is 4.74 Å². The number of alkyl halides is 3. The lowest BCUT2D eigenvalue weighted by atomic mass is 10.1. The van der Waals surface area contributed by atoms with Gasteiger partial charge in [0.2, 0.25) is 0 Å². The number of rotatable bonds is 6. The zero-order valence-corrected chi connectivity index (χ0v) is 17.1. The third-order valence-electron chi connectivity index (χ3n) is 4.21. The van der Waals surface area contributed by atoms with Crippen LogP contribution in [-0.2, 0) is 0 Å². The van der Waals surface area contributed by atoms with E-state index in [1.165, 1.54) is 24.3 Å². The zero-order chi connectivity index (χ0) is 21.2. The second-order valence-electron chi connectivity index (χ2n) is 6.73. The summed E-state index contributed by atoms with van der Waals surface area (Å²) < 4.78 is 42.8. The summed E-state index contributed by atoms with van der Waals surface area (Å²) in [5.41, 5.74) is 2.27. The Morgan fingerprint density at radius 2 is 1.76 bits per heavy atom. The van der Waals surface area contributed by atoms with Gasteiger partial charge in [-0.25, -0.2) is 4.98 Å². The number of aromatic nitrogens is 2. The highest BCUT2D eigenvalue weighted by Gasteiger charge is 2.31. The highest BCUT2D eigenvalue weighted by Crippen LogP contribution is 2.30. The van der Waals surface area contributed by atoms with Crippen LogP contribution in [0.15, 0.2) is 55.0 Å². The molecule has 4 nitrogen and oxygen atoms in total. The minimum atomic E-state index is -4.72. The Kier molecular flexibility index (Phi) is 6.41. The topological polar surface area (TPSA) is 30.3 Å². The van der Waals surface area contributed by atoms with E-state index >= 15 is 0 Å². The third kappa shape index (κ3) is 5.65. The van der Waals surface area contributed by atoms with Crippen molar-refractivity contribution < 1.29 is 17.9 Å². The van der Waals surface area contributed by atoms with Crippen molar-refractivity contribution in [3.05, 3.63) is 70.6 Å². The number of hydrogen-bond acceptors (Lipinski definition) is 3. The van der Waals surface area contributed by atoms with E-state index in [9.17, 15) is 13.2 Å². The lowest BCUT2D eigenvalue weighted by Crippen LogP contribution is -2.24. The number of hydrogen-bond donors (Lipinski definition) is 0. The van der Waals surface area contributed by atoms with Crippen LogP contribution >= 0.6 is 23.2 Å². The van der Waals surface area contributed by atoms with Crippen LogP contribution in [0.1, 0.15) is 11.6 Å². The van der Waals surface area contributed by atoms with Gasteiger partial charge in [0.15, 0.2) is 0 Å². The van der Waals surface area contributed by atoms with Crippen molar-refractivity contribution in [3.8, 4) is 17.0 Å². The van der Waals surface area contributed by atoms with Gasteiger partial charge in [-0.15, -0.1) is 13.2 Å². The first-order chi connectivity index (χ1) is 13.6. The Bertz CT molecular complexity index is 972. The zero-order valence-electron chi connectivity index (χ0n) is 15.6. The van der Waals surface area contributed by atoms with Crippen LogP contribution in [0.5, 0.6) is 5.75 Å². The molecule has 0 saturated heterocycles. The molecule has 3 aromatic rings. The third-order valence-corrected chi connectivity index (χ3v) is 4.95. The fourth-order valence-electron chi connectivity index (χ4n) is 2.92. The van der Waals surface area contributed by atoms with Crippen LogP contribution in [-0.4, -0.2) is 41.5 Å². The number of ether oxygens (including phenoxy) is 1. The van der Waals surface area contributed by atoms with Crippen molar-refractivity contribution in [1.29, 1.82) is 0 Å². The Labute approximate surface area is 176 Å². The smallest absolute Gasteiger partial charge is 0.406 e. The SMILES string of the molecule is CN(C)CC(c1ccc(Cl)c(Cl)c1)n1cnc(-c2ccc(OC(F)(F)F)cc2)c1. The van der Waals surface area contributed by atoms with Crippen LogP contribution in [0.3, 0.4) is 0 Å². The van der Waals surface area contributed by atoms with E-state index < -0.39 is 6.36 Å². The average molecular weight is 444 g/mol. The Balaban J connectivity index is 1.88. The summed E-state index contributed by atoms with van der Waals surface area (Å²) in [6, 6.07) is 11.0. The van der Waals surface area contributed by atoms with Gasteiger partial charge in [0, 0.05) is 18.3 Å². The van der Waals surface area contributed by atoms with Gasteiger partial charge in [0.1, 0.15) is 5.75 Å². The molecule has 0 aliphatic rings. The Morgan fingerprint density at radius 1 is 1.07 bits per heavy atom. The van der Waals surface area contributed by atoms with E-state index in [2.05, 4.69) is 9.72 Å². The lowest BCUT2D eigenvalue weighted by molar-refractivity contribution is -0.274. The normalized spacial score (nSPS) is 13.0. The first kappa shape index (κ1) is 21.5. The fraction of sp³-hybridized carbons (Fsp3) is 0.250. The minimum Gasteiger partial charge on any atom is -0.406 e. The molecule has 1 aromatic heterocycles. The molecule has 0 aliphatic heterocycles. The maximum atomic E-state index is 12.3. The van der Waals surface area contributed by atoms with Gasteiger partial charge in [-0.2, -0.15) is 0 Å². The minimum absolute atomic E-state index is 0.0751. The van der Waals surface area contributed by atoms with Crippen LogP contribution in [0.25, 0.3) is 11.3 Å². The predicted octanol–water partition coefficient (Wildman–Crippen LogP) is 5.91. The summed E-state index contributed by atoms with van der Waals surface area (Å²) in [7, 11) is 3.92. The molecule has 0 amide bonds. The van der Waals surface area contributed by atoms with Gasteiger partial charge in [-0.1, -0.05) is 29.3 Å². The van der Waals surface area contributed by atoms with Gasteiger partial charge in [0.25, 0.3) is 0 Å². The molecule has 154 valence electrons. The fourth-order valence-corrected chi connectivity index (χ4v) is 3.23. The van der Waals surface area contributed by atoms with Crippen molar-refractivity contribution in [3.63, 3.8) is 0 Å². The first-order valence-electron chi connectivity index (χ1n) is 8.62. The molecule has 0 spiro atoms. The second kappa shape index (κ2) is 8.65. The van der Waals surface area contributed by atoms with E-state index in [4.69, 9.17) is 23.2 Å². The monoisotopic (exact) mass is 443 g/mol. The number of nitrogens with zero attached hydrogens (tertiary/aromatic N) is 3. The van der Waals surface area contributed by atoms with Crippen molar-refractivity contribution >= 4 is 23.2 Å². The molecule has 1 unspecified atom stereocenters. The molecule has 9 heteroatoms. The molecule has 2 aromatic carbocycles. The summed E-state index contributed by atoms with van der Waals surface area (Å²) >= 11 is 12.2. The van der Waals surface area contributed by atoms with E-state index in [0.717, 1.165) is 5.56 Å². The van der Waals surface area contributed by atoms with Crippen LogP contribution in [0.2, 0.25) is 10.0 Å². The predicted molar refractivity (Wildman–Crippen MR) is 108 cm³/mol. The maximum absolute atomic E-state index is 12.3. The molecule has 0 saturated carbocycles. The van der Waals surface area contributed by atoms with Gasteiger partial charge in [-0.3, -0.25) is 0 Å². The number of halogens is 5. The molecule has 0 fully saturated rings. The van der Waals surface area contributed by atoms with E-state index in [-0.39, 0.29) is 11.8 Å². The lowest BCUT2D eigenvalue weighted by Gasteiger charge is -2.23. The number of benzene rings is 2. The quantitative estimate of drug-likeness (QED) is 0.474. The molecule has 0 radical (unpaired) electrons. The summed E-state index contributed by atoms with van der Waals surface area (Å²) in [6.45, 7) is 0.687. The Hall–Kier alpha value is -2.22. The highest BCUT2D eigenvalue weighted by atomic mass is 35.5. The van der Waals surface area contributed by atoms with Gasteiger partial charge in [0.05, 0.1) is 28.1 Å². The van der Waals surface area contributed by atoms with Crippen molar-refractivity contribution in [2.75, 3.05) is 20.6 Å². The van der Waals surface area contributed by atoms with Crippen LogP contribution in [0, 0.1) is 0 Å². The van der Waals surface area contributed by atoms with E-state index in [0.29, 0.717) is 27.8 Å². The van der Waals surface area contributed by atoms with Gasteiger partial charge < -0.3 is 14.2 Å².